The van der Waals surface area contributed by atoms with Gasteiger partial charge in [0.05, 0.1) is 11.0 Å². The summed E-state index contributed by atoms with van der Waals surface area (Å²) in [4.78, 5) is 0.0739. The smallest absolute Gasteiger partial charge is 0.241 e. The van der Waals surface area contributed by atoms with E-state index in [-0.39, 0.29) is 17.4 Å². The zero-order valence-corrected chi connectivity index (χ0v) is 12.4. The quantitative estimate of drug-likeness (QED) is 0.867. The molecule has 0 radical (unpaired) electrons. The lowest BCUT2D eigenvalue weighted by Gasteiger charge is -2.17. The summed E-state index contributed by atoms with van der Waals surface area (Å²) in [6.45, 7) is 6.63. The van der Waals surface area contributed by atoms with Crippen LogP contribution >= 0.6 is 0 Å². The summed E-state index contributed by atoms with van der Waals surface area (Å²) < 4.78 is 39.9. The van der Waals surface area contributed by atoms with Gasteiger partial charge in [-0.3, -0.25) is 0 Å². The van der Waals surface area contributed by atoms with E-state index in [1.165, 1.54) is 12.1 Å². The highest BCUT2D eigenvalue weighted by molar-refractivity contribution is 7.89. The lowest BCUT2D eigenvalue weighted by Crippen LogP contribution is -2.35. The monoisotopic (exact) mass is 289 g/mol. The van der Waals surface area contributed by atoms with Gasteiger partial charge in [0.1, 0.15) is 5.82 Å². The van der Waals surface area contributed by atoms with Crippen LogP contribution in [0.15, 0.2) is 17.0 Å². The molecule has 108 valence electrons. The van der Waals surface area contributed by atoms with Gasteiger partial charge in [0, 0.05) is 6.54 Å². The number of nitrogens with one attached hydrogen (secondary N) is 1. The van der Waals surface area contributed by atoms with Crippen molar-refractivity contribution in [1.82, 2.24) is 4.72 Å². The van der Waals surface area contributed by atoms with Crippen LogP contribution < -0.4 is 4.72 Å². The van der Waals surface area contributed by atoms with Crippen molar-refractivity contribution in [3.63, 3.8) is 0 Å². The fraction of sp³-hybridized carbons (Fsp3) is 0.538. The standard InChI is InChI=1S/C13H20FNO3S/c1-8(2)12(16)7-15-19(17,18)13-9(3)5-11(14)6-10(13)4/h5-6,8,12,15-16H,7H2,1-4H3. The fourth-order valence-corrected chi connectivity index (χ4v) is 3.32. The second-order valence-corrected chi connectivity index (χ2v) is 6.74. The molecule has 1 atom stereocenters. The van der Waals surface area contributed by atoms with Gasteiger partial charge >= 0.3 is 0 Å². The van der Waals surface area contributed by atoms with Gasteiger partial charge in [-0.1, -0.05) is 13.8 Å². The number of hydrogen-bond acceptors (Lipinski definition) is 3. The van der Waals surface area contributed by atoms with Crippen LogP contribution in [-0.2, 0) is 10.0 Å². The zero-order valence-electron chi connectivity index (χ0n) is 11.6. The van der Waals surface area contributed by atoms with Crippen LogP contribution in [0.1, 0.15) is 25.0 Å². The molecule has 1 unspecified atom stereocenters. The number of aliphatic hydroxyl groups excluding tert-OH is 1. The maximum absolute atomic E-state index is 13.2. The average Bonchev–Trinajstić information content (AvgIpc) is 2.23. The summed E-state index contributed by atoms with van der Waals surface area (Å²) in [6.07, 6.45) is -0.754. The minimum atomic E-state index is -3.74. The Hall–Kier alpha value is -0.980. The van der Waals surface area contributed by atoms with Crippen LogP contribution in [-0.4, -0.2) is 26.2 Å². The van der Waals surface area contributed by atoms with Crippen LogP contribution in [0.5, 0.6) is 0 Å². The highest BCUT2D eigenvalue weighted by atomic mass is 32.2. The third-order valence-corrected chi connectivity index (χ3v) is 4.67. The zero-order chi connectivity index (χ0) is 14.8. The molecule has 0 aliphatic heterocycles. The van der Waals surface area contributed by atoms with Gasteiger partial charge in [0.15, 0.2) is 0 Å². The molecule has 0 heterocycles. The molecule has 0 saturated carbocycles. The van der Waals surface area contributed by atoms with Crippen LogP contribution in [0.2, 0.25) is 0 Å². The van der Waals surface area contributed by atoms with Crippen molar-refractivity contribution in [1.29, 1.82) is 0 Å². The van der Waals surface area contributed by atoms with Gasteiger partial charge < -0.3 is 5.11 Å². The molecular formula is C13H20FNO3S. The SMILES string of the molecule is Cc1cc(F)cc(C)c1S(=O)(=O)NCC(O)C(C)C. The predicted molar refractivity (Wildman–Crippen MR) is 71.9 cm³/mol. The molecule has 0 aliphatic rings. The second kappa shape index (κ2) is 5.98. The molecule has 0 aromatic heterocycles. The normalized spacial score (nSPS) is 13.8. The molecule has 4 nitrogen and oxygen atoms in total. The van der Waals surface area contributed by atoms with Crippen LogP contribution in [0.25, 0.3) is 0 Å². The molecule has 6 heteroatoms. The first-order chi connectivity index (χ1) is 8.65. The van der Waals surface area contributed by atoms with Gasteiger partial charge in [-0.05, 0) is 43.0 Å². The lowest BCUT2D eigenvalue weighted by molar-refractivity contribution is 0.129. The Morgan fingerprint density at radius 3 is 2.16 bits per heavy atom. The van der Waals surface area contributed by atoms with Crippen molar-refractivity contribution in [2.75, 3.05) is 6.54 Å². The molecule has 0 spiro atoms. The van der Waals surface area contributed by atoms with Crippen molar-refractivity contribution in [2.45, 2.75) is 38.7 Å². The largest absolute Gasteiger partial charge is 0.391 e. The van der Waals surface area contributed by atoms with E-state index in [1.807, 2.05) is 0 Å². The van der Waals surface area contributed by atoms with Crippen molar-refractivity contribution < 1.29 is 17.9 Å². The summed E-state index contributed by atoms with van der Waals surface area (Å²) in [6, 6.07) is 2.36. The van der Waals surface area contributed by atoms with E-state index in [2.05, 4.69) is 4.72 Å². The molecular weight excluding hydrogens is 269 g/mol. The number of benzene rings is 1. The van der Waals surface area contributed by atoms with Gasteiger partial charge in [0.25, 0.3) is 0 Å². The average molecular weight is 289 g/mol. The summed E-state index contributed by atoms with van der Waals surface area (Å²) in [5.74, 6) is -0.505. The van der Waals surface area contributed by atoms with Gasteiger partial charge in [-0.15, -0.1) is 0 Å². The summed E-state index contributed by atoms with van der Waals surface area (Å²) in [7, 11) is -3.74. The van der Waals surface area contributed by atoms with E-state index in [9.17, 15) is 17.9 Å². The minimum Gasteiger partial charge on any atom is -0.391 e. The van der Waals surface area contributed by atoms with E-state index in [1.54, 1.807) is 27.7 Å². The Balaban J connectivity index is 3.02. The highest BCUT2D eigenvalue weighted by Gasteiger charge is 2.21. The van der Waals surface area contributed by atoms with E-state index in [0.29, 0.717) is 11.1 Å². The summed E-state index contributed by atoms with van der Waals surface area (Å²) in [5, 5.41) is 9.63. The predicted octanol–water partition coefficient (Wildman–Crippen LogP) is 1.74. The molecule has 1 rings (SSSR count). The minimum absolute atomic E-state index is 0.0434. The molecule has 1 aromatic rings. The number of sulfonamides is 1. The highest BCUT2D eigenvalue weighted by Crippen LogP contribution is 2.21. The topological polar surface area (TPSA) is 66.4 Å². The van der Waals surface area contributed by atoms with Crippen LogP contribution in [0.3, 0.4) is 0 Å². The Morgan fingerprint density at radius 2 is 1.74 bits per heavy atom. The molecule has 2 N–H and O–H groups in total. The molecule has 1 aromatic carbocycles. The summed E-state index contributed by atoms with van der Waals surface area (Å²) in [5.41, 5.74) is 0.702. The van der Waals surface area contributed by atoms with Crippen molar-refractivity contribution >= 4 is 10.0 Å². The Bertz CT molecular complexity index is 532. The molecule has 0 saturated heterocycles. The van der Waals surface area contributed by atoms with Crippen molar-refractivity contribution in [2.24, 2.45) is 5.92 Å². The molecule has 0 amide bonds. The molecule has 19 heavy (non-hydrogen) atoms. The second-order valence-electron chi connectivity index (χ2n) is 5.03. The summed E-state index contributed by atoms with van der Waals surface area (Å²) >= 11 is 0. The number of halogens is 1. The van der Waals surface area contributed by atoms with E-state index >= 15 is 0 Å². The van der Waals surface area contributed by atoms with Crippen LogP contribution in [0.4, 0.5) is 4.39 Å². The fourth-order valence-electron chi connectivity index (χ4n) is 1.82. The van der Waals surface area contributed by atoms with Gasteiger partial charge in [-0.25, -0.2) is 17.5 Å². The number of rotatable bonds is 5. The third kappa shape index (κ3) is 3.99. The van der Waals surface area contributed by atoms with Crippen molar-refractivity contribution in [3.8, 4) is 0 Å². The first-order valence-corrected chi connectivity index (χ1v) is 7.58. The molecule has 0 fully saturated rings. The van der Waals surface area contributed by atoms with Gasteiger partial charge in [0.2, 0.25) is 10.0 Å². The van der Waals surface area contributed by atoms with E-state index in [0.717, 1.165) is 0 Å². The Morgan fingerprint density at radius 1 is 1.26 bits per heavy atom. The number of aliphatic hydroxyl groups is 1. The maximum atomic E-state index is 13.2. The maximum Gasteiger partial charge on any atom is 0.241 e. The lowest BCUT2D eigenvalue weighted by atomic mass is 10.1. The number of aryl methyl sites for hydroxylation is 2. The third-order valence-electron chi connectivity index (χ3n) is 2.95. The van der Waals surface area contributed by atoms with Crippen molar-refractivity contribution in [3.05, 3.63) is 29.1 Å². The Kier molecular flexibility index (Phi) is 5.06. The van der Waals surface area contributed by atoms with E-state index in [4.69, 9.17) is 0 Å². The van der Waals surface area contributed by atoms with Crippen LogP contribution in [0, 0.1) is 25.6 Å². The first kappa shape index (κ1) is 16.1. The number of hydrogen-bond donors (Lipinski definition) is 2. The first-order valence-electron chi connectivity index (χ1n) is 6.09. The van der Waals surface area contributed by atoms with E-state index < -0.39 is 21.9 Å². The van der Waals surface area contributed by atoms with Gasteiger partial charge in [-0.2, -0.15) is 0 Å². The Labute approximate surface area is 113 Å². The molecule has 0 aliphatic carbocycles. The molecule has 0 bridgehead atoms.